The molecule has 0 heterocycles. The van der Waals surface area contributed by atoms with E-state index < -0.39 is 40.2 Å². The summed E-state index contributed by atoms with van der Waals surface area (Å²) in [5.74, 6) is -1.59. The molecule has 0 aliphatic heterocycles. The zero-order chi connectivity index (χ0) is 31.0. The number of amides is 2. The Morgan fingerprint density at radius 2 is 1.49 bits per heavy atom. The molecule has 1 unspecified atom stereocenters. The fourth-order valence-electron chi connectivity index (χ4n) is 4.88. The zero-order valence-corrected chi connectivity index (χ0v) is 25.4. The van der Waals surface area contributed by atoms with E-state index >= 15 is 0 Å². The van der Waals surface area contributed by atoms with Crippen molar-refractivity contribution in [3.8, 4) is 0 Å². The fraction of sp³-hybridized carbons (Fsp3) is 0.235. The first-order valence-electron chi connectivity index (χ1n) is 14.1. The van der Waals surface area contributed by atoms with Gasteiger partial charge in [0, 0.05) is 25.1 Å². The second-order valence-electron chi connectivity index (χ2n) is 10.3. The molecule has 4 aromatic rings. The van der Waals surface area contributed by atoms with E-state index in [2.05, 4.69) is 5.32 Å². The number of carbonyl (C=O) groups is 2. The van der Waals surface area contributed by atoms with Gasteiger partial charge in [0.2, 0.25) is 11.8 Å². The number of nitrogens with zero attached hydrogens (tertiary/aromatic N) is 2. The van der Waals surface area contributed by atoms with Crippen molar-refractivity contribution in [2.45, 2.75) is 44.7 Å². The molecule has 0 aliphatic rings. The molecule has 9 heteroatoms. The summed E-state index contributed by atoms with van der Waals surface area (Å²) in [5, 5.41) is 2.80. The van der Waals surface area contributed by atoms with Crippen LogP contribution in [0.4, 0.5) is 10.1 Å². The molecule has 0 saturated carbocycles. The predicted molar refractivity (Wildman–Crippen MR) is 166 cm³/mol. The average Bonchev–Trinajstić information content (AvgIpc) is 3.00. The number of sulfonamides is 1. The van der Waals surface area contributed by atoms with Gasteiger partial charge in [-0.2, -0.15) is 0 Å². The highest BCUT2D eigenvalue weighted by Gasteiger charge is 2.35. The molecule has 2 amide bonds. The first kappa shape index (κ1) is 31.4. The van der Waals surface area contributed by atoms with Gasteiger partial charge in [-0.3, -0.25) is 13.9 Å². The molecule has 224 valence electrons. The summed E-state index contributed by atoms with van der Waals surface area (Å²) in [7, 11) is -4.21. The highest BCUT2D eigenvalue weighted by molar-refractivity contribution is 7.92. The molecule has 1 atom stereocenters. The molecular weight excluding hydrogens is 565 g/mol. The number of nitrogens with one attached hydrogen (secondary N) is 1. The maximum Gasteiger partial charge on any atom is 0.264 e. The smallest absolute Gasteiger partial charge is 0.264 e. The SMILES string of the molecule is CCNC(=O)C(Cc1ccccc1)N(Cc1ccccc1F)C(=O)CN(c1cc(C)ccc1C)S(=O)(=O)c1ccccc1. The van der Waals surface area contributed by atoms with Crippen LogP contribution in [-0.4, -0.2) is 44.3 Å². The van der Waals surface area contributed by atoms with E-state index in [0.717, 1.165) is 15.4 Å². The van der Waals surface area contributed by atoms with Crippen LogP contribution in [0.2, 0.25) is 0 Å². The minimum atomic E-state index is -4.21. The molecule has 0 saturated heterocycles. The number of benzene rings is 4. The molecule has 0 aliphatic carbocycles. The predicted octanol–water partition coefficient (Wildman–Crippen LogP) is 5.41. The first-order valence-corrected chi connectivity index (χ1v) is 15.6. The molecule has 7 nitrogen and oxygen atoms in total. The third kappa shape index (κ3) is 7.67. The minimum absolute atomic E-state index is 0.0221. The quantitative estimate of drug-likeness (QED) is 0.235. The maximum absolute atomic E-state index is 14.9. The number of carbonyl (C=O) groups excluding carboxylic acids is 2. The van der Waals surface area contributed by atoms with Crippen molar-refractivity contribution >= 4 is 27.5 Å². The van der Waals surface area contributed by atoms with Gasteiger partial charge in [0.1, 0.15) is 18.4 Å². The van der Waals surface area contributed by atoms with Gasteiger partial charge in [0.15, 0.2) is 0 Å². The number of hydrogen-bond acceptors (Lipinski definition) is 4. The molecule has 1 N–H and O–H groups in total. The molecular formula is C34H36FN3O4S. The van der Waals surface area contributed by atoms with Crippen LogP contribution >= 0.6 is 0 Å². The Morgan fingerprint density at radius 1 is 0.860 bits per heavy atom. The summed E-state index contributed by atoms with van der Waals surface area (Å²) in [6.07, 6.45) is 0.155. The van der Waals surface area contributed by atoms with Gasteiger partial charge in [-0.25, -0.2) is 12.8 Å². The number of rotatable bonds is 12. The summed E-state index contributed by atoms with van der Waals surface area (Å²) >= 11 is 0. The molecule has 0 spiro atoms. The minimum Gasteiger partial charge on any atom is -0.355 e. The van der Waals surface area contributed by atoms with Crippen molar-refractivity contribution in [2.24, 2.45) is 0 Å². The van der Waals surface area contributed by atoms with Crippen LogP contribution in [0.1, 0.15) is 29.2 Å². The lowest BCUT2D eigenvalue weighted by atomic mass is 10.0. The Balaban J connectivity index is 1.83. The van der Waals surface area contributed by atoms with Crippen LogP contribution in [0.5, 0.6) is 0 Å². The summed E-state index contributed by atoms with van der Waals surface area (Å²) in [4.78, 5) is 29.2. The number of aryl methyl sites for hydroxylation is 2. The number of likely N-dealkylation sites (N-methyl/N-ethyl adjacent to an activating group) is 1. The molecule has 43 heavy (non-hydrogen) atoms. The summed E-state index contributed by atoms with van der Waals surface area (Å²) in [6.45, 7) is 4.88. The number of halogens is 1. The van der Waals surface area contributed by atoms with Crippen molar-refractivity contribution in [1.82, 2.24) is 10.2 Å². The molecule has 0 bridgehead atoms. The van der Waals surface area contributed by atoms with E-state index in [4.69, 9.17) is 0 Å². The number of hydrogen-bond donors (Lipinski definition) is 1. The van der Waals surface area contributed by atoms with Gasteiger partial charge < -0.3 is 10.2 Å². The molecule has 0 fully saturated rings. The van der Waals surface area contributed by atoms with E-state index in [9.17, 15) is 22.4 Å². The van der Waals surface area contributed by atoms with Gasteiger partial charge >= 0.3 is 0 Å². The van der Waals surface area contributed by atoms with Crippen LogP contribution in [0.25, 0.3) is 0 Å². The fourth-order valence-corrected chi connectivity index (χ4v) is 6.37. The molecule has 0 aromatic heterocycles. The summed E-state index contributed by atoms with van der Waals surface area (Å²) in [6, 6.07) is 27.5. The normalized spacial score (nSPS) is 11.9. The van der Waals surface area contributed by atoms with Gasteiger partial charge in [-0.05, 0) is 61.7 Å². The largest absolute Gasteiger partial charge is 0.355 e. The van der Waals surface area contributed by atoms with Crippen molar-refractivity contribution < 1.29 is 22.4 Å². The maximum atomic E-state index is 14.9. The van der Waals surface area contributed by atoms with Crippen molar-refractivity contribution in [3.63, 3.8) is 0 Å². The zero-order valence-electron chi connectivity index (χ0n) is 24.5. The van der Waals surface area contributed by atoms with Crippen molar-refractivity contribution in [2.75, 3.05) is 17.4 Å². The van der Waals surface area contributed by atoms with Crippen LogP contribution in [0.3, 0.4) is 0 Å². The average molecular weight is 602 g/mol. The van der Waals surface area contributed by atoms with Crippen molar-refractivity contribution in [3.05, 3.63) is 131 Å². The molecule has 4 aromatic carbocycles. The summed E-state index contributed by atoms with van der Waals surface area (Å²) < 4.78 is 44.2. The Hall–Kier alpha value is -4.50. The van der Waals surface area contributed by atoms with E-state index in [1.807, 2.05) is 43.3 Å². The monoisotopic (exact) mass is 601 g/mol. The third-order valence-electron chi connectivity index (χ3n) is 7.16. The van der Waals surface area contributed by atoms with Crippen LogP contribution in [0.15, 0.2) is 108 Å². The van der Waals surface area contributed by atoms with Crippen LogP contribution < -0.4 is 9.62 Å². The van der Waals surface area contributed by atoms with Crippen LogP contribution in [0, 0.1) is 19.7 Å². The van der Waals surface area contributed by atoms with Gasteiger partial charge in [0.25, 0.3) is 10.0 Å². The van der Waals surface area contributed by atoms with E-state index in [1.165, 1.54) is 23.1 Å². The Morgan fingerprint density at radius 3 is 2.14 bits per heavy atom. The topological polar surface area (TPSA) is 86.8 Å². The van der Waals surface area contributed by atoms with E-state index in [1.54, 1.807) is 62.4 Å². The Labute approximate surface area is 253 Å². The second kappa shape index (κ2) is 14.1. The number of anilines is 1. The van der Waals surface area contributed by atoms with Gasteiger partial charge in [-0.15, -0.1) is 0 Å². The van der Waals surface area contributed by atoms with E-state index in [-0.39, 0.29) is 23.4 Å². The van der Waals surface area contributed by atoms with Crippen LogP contribution in [-0.2, 0) is 32.6 Å². The van der Waals surface area contributed by atoms with Gasteiger partial charge in [0.05, 0.1) is 10.6 Å². The third-order valence-corrected chi connectivity index (χ3v) is 8.94. The lowest BCUT2D eigenvalue weighted by molar-refractivity contribution is -0.140. The van der Waals surface area contributed by atoms with Gasteiger partial charge in [-0.1, -0.05) is 78.9 Å². The highest BCUT2D eigenvalue weighted by atomic mass is 32.2. The van der Waals surface area contributed by atoms with Crippen molar-refractivity contribution in [1.29, 1.82) is 0 Å². The highest BCUT2D eigenvalue weighted by Crippen LogP contribution is 2.29. The lowest BCUT2D eigenvalue weighted by Crippen LogP contribution is -2.53. The Bertz CT molecular complexity index is 1660. The summed E-state index contributed by atoms with van der Waals surface area (Å²) in [5.41, 5.74) is 2.83. The molecule has 4 rings (SSSR count). The second-order valence-corrected chi connectivity index (χ2v) is 12.2. The lowest BCUT2D eigenvalue weighted by Gasteiger charge is -2.34. The van der Waals surface area contributed by atoms with E-state index in [0.29, 0.717) is 17.8 Å². The Kier molecular flexibility index (Phi) is 10.3. The standard InChI is InChI=1S/C34H36FN3O4S/c1-4-36-34(40)32(22-27-13-7-5-8-14-27)37(23-28-15-11-12-18-30(28)35)33(39)24-38(31-21-25(2)19-20-26(31)3)43(41,42)29-16-9-6-10-17-29/h5-21,32H,4,22-24H2,1-3H3,(H,36,40). The molecule has 0 radical (unpaired) electrons. The first-order chi connectivity index (χ1) is 20.6.